The second kappa shape index (κ2) is 9.24. The van der Waals surface area contributed by atoms with E-state index in [1.165, 1.54) is 63.7 Å². The predicted octanol–water partition coefficient (Wildman–Crippen LogP) is 4.03. The maximum Gasteiger partial charge on any atom is 0.108 e. The molecular formula is C18H33N3. The minimum atomic E-state index is 0.815. The Hall–Kier alpha value is -0.830. The molecule has 0 saturated heterocycles. The van der Waals surface area contributed by atoms with Crippen molar-refractivity contribution in [1.29, 1.82) is 0 Å². The summed E-state index contributed by atoms with van der Waals surface area (Å²) < 4.78 is 2.36. The molecule has 1 aliphatic rings. The highest BCUT2D eigenvalue weighted by molar-refractivity contribution is 4.95. The minimum Gasteiger partial charge on any atom is -0.335 e. The molecule has 0 radical (unpaired) electrons. The lowest BCUT2D eigenvalue weighted by Gasteiger charge is -2.25. The molecule has 3 nitrogen and oxygen atoms in total. The van der Waals surface area contributed by atoms with E-state index in [9.17, 15) is 0 Å². The molecular weight excluding hydrogens is 258 g/mol. The molecule has 3 heteroatoms. The first-order chi connectivity index (χ1) is 10.3. The number of aryl methyl sites for hydroxylation is 1. The summed E-state index contributed by atoms with van der Waals surface area (Å²) in [5, 5.41) is 3.65. The third kappa shape index (κ3) is 5.14. The highest BCUT2D eigenvalue weighted by atomic mass is 15.1. The van der Waals surface area contributed by atoms with Gasteiger partial charge in [0, 0.05) is 25.4 Å². The number of hydrogen-bond acceptors (Lipinski definition) is 2. The van der Waals surface area contributed by atoms with E-state index in [0.717, 1.165) is 24.9 Å². The maximum atomic E-state index is 4.63. The Kier molecular flexibility index (Phi) is 7.28. The first-order valence-corrected chi connectivity index (χ1v) is 9.05. The molecule has 2 rings (SSSR count). The first kappa shape index (κ1) is 16.5. The Bertz CT molecular complexity index is 386. The van der Waals surface area contributed by atoms with E-state index in [1.54, 1.807) is 0 Å². The average molecular weight is 291 g/mol. The zero-order valence-corrected chi connectivity index (χ0v) is 14.0. The summed E-state index contributed by atoms with van der Waals surface area (Å²) in [7, 11) is 0. The van der Waals surface area contributed by atoms with Crippen LogP contribution in [-0.2, 0) is 13.0 Å². The van der Waals surface area contributed by atoms with E-state index < -0.39 is 0 Å². The Morgan fingerprint density at radius 1 is 1.14 bits per heavy atom. The van der Waals surface area contributed by atoms with Gasteiger partial charge in [-0.05, 0) is 50.6 Å². The fraction of sp³-hybridized carbons (Fsp3) is 0.833. The van der Waals surface area contributed by atoms with Gasteiger partial charge < -0.3 is 9.88 Å². The molecule has 0 spiro atoms. The predicted molar refractivity (Wildman–Crippen MR) is 89.4 cm³/mol. The van der Waals surface area contributed by atoms with Gasteiger partial charge >= 0.3 is 0 Å². The van der Waals surface area contributed by atoms with Gasteiger partial charge in [-0.15, -0.1) is 0 Å². The fourth-order valence-corrected chi connectivity index (χ4v) is 3.67. The van der Waals surface area contributed by atoms with Gasteiger partial charge in [-0.25, -0.2) is 4.98 Å². The van der Waals surface area contributed by atoms with Crippen LogP contribution < -0.4 is 5.32 Å². The number of nitrogens with one attached hydrogen (secondary N) is 1. The van der Waals surface area contributed by atoms with Crippen LogP contribution >= 0.6 is 0 Å². The van der Waals surface area contributed by atoms with Crippen molar-refractivity contribution < 1.29 is 0 Å². The molecule has 1 heterocycles. The SMILES string of the molecule is CCCNCC1CCCCCC1Cc1nccn1CCC. The second-order valence-corrected chi connectivity index (χ2v) is 6.60. The van der Waals surface area contributed by atoms with E-state index in [0.29, 0.717) is 0 Å². The van der Waals surface area contributed by atoms with Crippen LogP contribution in [0.4, 0.5) is 0 Å². The number of rotatable bonds is 8. The van der Waals surface area contributed by atoms with E-state index in [4.69, 9.17) is 0 Å². The van der Waals surface area contributed by atoms with Gasteiger partial charge in [-0.1, -0.05) is 33.1 Å². The van der Waals surface area contributed by atoms with Gasteiger partial charge in [0.25, 0.3) is 0 Å². The largest absolute Gasteiger partial charge is 0.335 e. The highest BCUT2D eigenvalue weighted by Gasteiger charge is 2.24. The third-order valence-corrected chi connectivity index (χ3v) is 4.86. The Morgan fingerprint density at radius 3 is 2.71 bits per heavy atom. The van der Waals surface area contributed by atoms with Crippen molar-refractivity contribution >= 4 is 0 Å². The third-order valence-electron chi connectivity index (χ3n) is 4.86. The van der Waals surface area contributed by atoms with Crippen LogP contribution in [0.3, 0.4) is 0 Å². The Morgan fingerprint density at radius 2 is 1.95 bits per heavy atom. The maximum absolute atomic E-state index is 4.63. The molecule has 0 amide bonds. The van der Waals surface area contributed by atoms with Crippen molar-refractivity contribution in [2.45, 2.75) is 71.8 Å². The van der Waals surface area contributed by atoms with Crippen LogP contribution in [-0.4, -0.2) is 22.6 Å². The Labute approximate surface area is 130 Å². The number of nitrogens with zero attached hydrogens (tertiary/aromatic N) is 2. The summed E-state index contributed by atoms with van der Waals surface area (Å²) >= 11 is 0. The van der Waals surface area contributed by atoms with Gasteiger partial charge in [0.2, 0.25) is 0 Å². The van der Waals surface area contributed by atoms with E-state index in [2.05, 4.69) is 34.9 Å². The van der Waals surface area contributed by atoms with Gasteiger partial charge in [-0.3, -0.25) is 0 Å². The number of hydrogen-bond donors (Lipinski definition) is 1. The standard InChI is InChI=1S/C18H33N3/c1-3-10-19-15-17-9-7-5-6-8-16(17)14-18-20-11-13-21(18)12-4-2/h11,13,16-17,19H,3-10,12,14-15H2,1-2H3. The van der Waals surface area contributed by atoms with Crippen molar-refractivity contribution in [3.05, 3.63) is 18.2 Å². The van der Waals surface area contributed by atoms with E-state index >= 15 is 0 Å². The van der Waals surface area contributed by atoms with Crippen molar-refractivity contribution in [3.8, 4) is 0 Å². The van der Waals surface area contributed by atoms with Crippen molar-refractivity contribution in [2.24, 2.45) is 11.8 Å². The molecule has 1 saturated carbocycles. The summed E-state index contributed by atoms with van der Waals surface area (Å²) in [4.78, 5) is 4.63. The van der Waals surface area contributed by atoms with Crippen LogP contribution in [0.5, 0.6) is 0 Å². The molecule has 0 aromatic carbocycles. The molecule has 1 fully saturated rings. The minimum absolute atomic E-state index is 0.815. The molecule has 21 heavy (non-hydrogen) atoms. The zero-order valence-electron chi connectivity index (χ0n) is 14.0. The van der Waals surface area contributed by atoms with Crippen molar-refractivity contribution in [1.82, 2.24) is 14.9 Å². The van der Waals surface area contributed by atoms with Crippen LogP contribution in [0, 0.1) is 11.8 Å². The monoisotopic (exact) mass is 291 g/mol. The van der Waals surface area contributed by atoms with Gasteiger partial charge in [0.1, 0.15) is 5.82 Å². The zero-order chi connectivity index (χ0) is 14.9. The molecule has 1 N–H and O–H groups in total. The van der Waals surface area contributed by atoms with Gasteiger partial charge in [0.05, 0.1) is 0 Å². The normalized spacial score (nSPS) is 23.1. The molecule has 0 aliphatic heterocycles. The van der Waals surface area contributed by atoms with Gasteiger partial charge in [0.15, 0.2) is 0 Å². The lowest BCUT2D eigenvalue weighted by Crippen LogP contribution is -2.30. The lowest BCUT2D eigenvalue weighted by molar-refractivity contribution is 0.291. The summed E-state index contributed by atoms with van der Waals surface area (Å²) in [6, 6.07) is 0. The summed E-state index contributed by atoms with van der Waals surface area (Å²) in [6.07, 6.45) is 14.8. The van der Waals surface area contributed by atoms with Crippen LogP contribution in [0.2, 0.25) is 0 Å². The number of imidazole rings is 1. The quantitative estimate of drug-likeness (QED) is 0.579. The Balaban J connectivity index is 1.97. The molecule has 1 aromatic heterocycles. The van der Waals surface area contributed by atoms with Crippen LogP contribution in [0.1, 0.15) is 64.6 Å². The van der Waals surface area contributed by atoms with E-state index in [-0.39, 0.29) is 0 Å². The van der Waals surface area contributed by atoms with Crippen molar-refractivity contribution in [3.63, 3.8) is 0 Å². The highest BCUT2D eigenvalue weighted by Crippen LogP contribution is 2.31. The first-order valence-electron chi connectivity index (χ1n) is 9.05. The molecule has 2 unspecified atom stereocenters. The molecule has 1 aliphatic carbocycles. The fourth-order valence-electron chi connectivity index (χ4n) is 3.67. The van der Waals surface area contributed by atoms with E-state index in [1.807, 2.05) is 6.20 Å². The summed E-state index contributed by atoms with van der Waals surface area (Å²) in [5.41, 5.74) is 0. The number of aromatic nitrogens is 2. The molecule has 1 aromatic rings. The van der Waals surface area contributed by atoms with Crippen molar-refractivity contribution in [2.75, 3.05) is 13.1 Å². The summed E-state index contributed by atoms with van der Waals surface area (Å²) in [6.45, 7) is 7.97. The van der Waals surface area contributed by atoms with Crippen LogP contribution in [0.25, 0.3) is 0 Å². The molecule has 120 valence electrons. The average Bonchev–Trinajstić information content (AvgIpc) is 2.79. The van der Waals surface area contributed by atoms with Crippen LogP contribution in [0.15, 0.2) is 12.4 Å². The van der Waals surface area contributed by atoms with Gasteiger partial charge in [-0.2, -0.15) is 0 Å². The smallest absolute Gasteiger partial charge is 0.108 e. The lowest BCUT2D eigenvalue weighted by atomic mass is 9.85. The summed E-state index contributed by atoms with van der Waals surface area (Å²) in [5.74, 6) is 2.96. The second-order valence-electron chi connectivity index (χ2n) is 6.60. The topological polar surface area (TPSA) is 29.9 Å². The molecule has 2 atom stereocenters. The molecule has 0 bridgehead atoms.